The van der Waals surface area contributed by atoms with Crippen LogP contribution in [0.15, 0.2) is 60.8 Å². The highest BCUT2D eigenvalue weighted by molar-refractivity contribution is 5.90. The van der Waals surface area contributed by atoms with E-state index in [1.807, 2.05) is 47.3 Å². The lowest BCUT2D eigenvalue weighted by atomic mass is 10.0. The Morgan fingerprint density at radius 2 is 1.83 bits per heavy atom. The molecule has 0 bridgehead atoms. The summed E-state index contributed by atoms with van der Waals surface area (Å²) in [4.78, 5) is 22.9. The molecule has 148 valence electrons. The van der Waals surface area contributed by atoms with Gasteiger partial charge in [0.1, 0.15) is 6.61 Å². The Bertz CT molecular complexity index is 1050. The van der Waals surface area contributed by atoms with Crippen LogP contribution in [0.2, 0.25) is 0 Å². The topological polar surface area (TPSA) is 61.2 Å². The van der Waals surface area contributed by atoms with Crippen LogP contribution in [-0.4, -0.2) is 28.1 Å². The van der Waals surface area contributed by atoms with Gasteiger partial charge in [-0.3, -0.25) is 9.48 Å². The minimum Gasteiger partial charge on any atom is -0.455 e. The Morgan fingerprint density at radius 1 is 1.07 bits per heavy atom. The zero-order valence-electron chi connectivity index (χ0n) is 16.9. The average Bonchev–Trinajstić information content (AvgIpc) is 3.10. The van der Waals surface area contributed by atoms with Crippen LogP contribution in [0.3, 0.4) is 0 Å². The maximum absolute atomic E-state index is 11.9. The Hall–Kier alpha value is -3.47. The number of benzene rings is 2. The zero-order chi connectivity index (χ0) is 20.8. The Labute approximate surface area is 170 Å². The molecule has 1 aromatic heterocycles. The van der Waals surface area contributed by atoms with E-state index in [9.17, 15) is 9.59 Å². The maximum atomic E-state index is 11.9. The van der Waals surface area contributed by atoms with Gasteiger partial charge in [0, 0.05) is 23.4 Å². The number of hydrogen-bond donors (Lipinski definition) is 0. The lowest BCUT2D eigenvalue weighted by Crippen LogP contribution is -2.08. The predicted octanol–water partition coefficient (Wildman–Crippen LogP) is 4.36. The number of rotatable bonds is 7. The number of nitrogens with zero attached hydrogens (tertiary/aromatic N) is 2. The van der Waals surface area contributed by atoms with Crippen LogP contribution in [0, 0.1) is 13.8 Å². The zero-order valence-corrected chi connectivity index (χ0v) is 16.9. The minimum atomic E-state index is -0.554. The number of hydrogen-bond acceptors (Lipinski definition) is 4. The summed E-state index contributed by atoms with van der Waals surface area (Å²) >= 11 is 0. The van der Waals surface area contributed by atoms with Crippen molar-refractivity contribution in [3.8, 4) is 11.3 Å². The van der Waals surface area contributed by atoms with Crippen LogP contribution < -0.4 is 0 Å². The number of aryl methyl sites for hydroxylation is 2. The number of ketones is 1. The predicted molar refractivity (Wildman–Crippen MR) is 113 cm³/mol. The Morgan fingerprint density at radius 3 is 2.52 bits per heavy atom. The smallest absolute Gasteiger partial charge is 0.331 e. The lowest BCUT2D eigenvalue weighted by Gasteiger charge is -2.04. The van der Waals surface area contributed by atoms with E-state index in [4.69, 9.17) is 9.84 Å². The van der Waals surface area contributed by atoms with E-state index in [1.165, 1.54) is 24.1 Å². The van der Waals surface area contributed by atoms with Crippen molar-refractivity contribution in [3.63, 3.8) is 0 Å². The number of ether oxygens (including phenoxy) is 1. The van der Waals surface area contributed by atoms with Crippen LogP contribution in [0.5, 0.6) is 0 Å². The SMILES string of the molecule is CC(=O)COC(=O)/C=C/c1cn(Cc2ccccc2)nc1-c1ccc(C)c(C)c1. The van der Waals surface area contributed by atoms with Crippen molar-refractivity contribution in [3.05, 3.63) is 83.1 Å². The molecule has 3 aromatic rings. The highest BCUT2D eigenvalue weighted by Gasteiger charge is 2.11. The molecule has 0 aliphatic heterocycles. The second-order valence-corrected chi connectivity index (χ2v) is 7.06. The summed E-state index contributed by atoms with van der Waals surface area (Å²) in [6.45, 7) is 5.91. The third-order valence-electron chi connectivity index (χ3n) is 4.57. The summed E-state index contributed by atoms with van der Waals surface area (Å²) < 4.78 is 6.77. The number of carbonyl (C=O) groups is 2. The first-order valence-corrected chi connectivity index (χ1v) is 9.45. The fourth-order valence-corrected chi connectivity index (χ4v) is 2.90. The van der Waals surface area contributed by atoms with E-state index in [1.54, 1.807) is 6.08 Å². The van der Waals surface area contributed by atoms with Gasteiger partial charge in [-0.1, -0.05) is 42.5 Å². The molecule has 1 heterocycles. The van der Waals surface area contributed by atoms with Gasteiger partial charge in [-0.2, -0.15) is 5.10 Å². The van der Waals surface area contributed by atoms with E-state index in [2.05, 4.69) is 26.0 Å². The van der Waals surface area contributed by atoms with E-state index in [0.29, 0.717) is 6.54 Å². The van der Waals surface area contributed by atoms with Gasteiger partial charge in [0.15, 0.2) is 5.78 Å². The second-order valence-electron chi connectivity index (χ2n) is 7.06. The molecule has 0 amide bonds. The molecular weight excluding hydrogens is 364 g/mol. The molecule has 0 aliphatic rings. The van der Waals surface area contributed by atoms with Gasteiger partial charge in [0.25, 0.3) is 0 Å². The summed E-state index contributed by atoms with van der Waals surface area (Å²) in [7, 11) is 0. The second kappa shape index (κ2) is 9.15. The molecule has 0 N–H and O–H groups in total. The largest absolute Gasteiger partial charge is 0.455 e. The summed E-state index contributed by atoms with van der Waals surface area (Å²) in [5, 5.41) is 4.76. The number of aromatic nitrogens is 2. The highest BCUT2D eigenvalue weighted by Crippen LogP contribution is 2.26. The van der Waals surface area contributed by atoms with Crippen molar-refractivity contribution in [2.24, 2.45) is 0 Å². The molecule has 0 saturated heterocycles. The molecule has 0 spiro atoms. The average molecular weight is 388 g/mol. The number of carbonyl (C=O) groups excluding carboxylic acids is 2. The van der Waals surface area contributed by atoms with Crippen molar-refractivity contribution in [2.75, 3.05) is 6.61 Å². The summed E-state index contributed by atoms with van der Waals surface area (Å²) in [5.74, 6) is -0.750. The minimum absolute atomic E-state index is 0.196. The Kier molecular flexibility index (Phi) is 6.39. The molecule has 3 rings (SSSR count). The molecule has 0 unspecified atom stereocenters. The normalized spacial score (nSPS) is 11.0. The van der Waals surface area contributed by atoms with Crippen molar-refractivity contribution < 1.29 is 14.3 Å². The third-order valence-corrected chi connectivity index (χ3v) is 4.57. The quantitative estimate of drug-likeness (QED) is 0.446. The molecule has 0 atom stereocenters. The van der Waals surface area contributed by atoms with Gasteiger partial charge < -0.3 is 4.74 Å². The molecule has 0 saturated carbocycles. The lowest BCUT2D eigenvalue weighted by molar-refractivity contribution is -0.142. The molecule has 0 fully saturated rings. The van der Waals surface area contributed by atoms with Gasteiger partial charge in [0.2, 0.25) is 0 Å². The first-order valence-electron chi connectivity index (χ1n) is 9.45. The van der Waals surface area contributed by atoms with Crippen molar-refractivity contribution in [2.45, 2.75) is 27.3 Å². The molecule has 5 heteroatoms. The molecular formula is C24H24N2O3. The highest BCUT2D eigenvalue weighted by atomic mass is 16.5. The van der Waals surface area contributed by atoms with Gasteiger partial charge in [0.05, 0.1) is 12.2 Å². The van der Waals surface area contributed by atoms with Crippen molar-refractivity contribution in [1.82, 2.24) is 9.78 Å². The van der Waals surface area contributed by atoms with Gasteiger partial charge >= 0.3 is 5.97 Å². The van der Waals surface area contributed by atoms with Crippen LogP contribution in [0.1, 0.15) is 29.2 Å². The van der Waals surface area contributed by atoms with Crippen LogP contribution in [-0.2, 0) is 20.9 Å². The van der Waals surface area contributed by atoms with E-state index >= 15 is 0 Å². The molecule has 5 nitrogen and oxygen atoms in total. The molecule has 2 aromatic carbocycles. The fraction of sp³-hybridized carbons (Fsp3) is 0.208. The van der Waals surface area contributed by atoms with E-state index < -0.39 is 5.97 Å². The Balaban J connectivity index is 1.92. The van der Waals surface area contributed by atoms with E-state index in [-0.39, 0.29) is 12.4 Å². The molecule has 0 radical (unpaired) electrons. The van der Waals surface area contributed by atoms with Crippen LogP contribution >= 0.6 is 0 Å². The van der Waals surface area contributed by atoms with Crippen molar-refractivity contribution in [1.29, 1.82) is 0 Å². The summed E-state index contributed by atoms with van der Waals surface area (Å²) in [6.07, 6.45) is 4.92. The van der Waals surface area contributed by atoms with Crippen LogP contribution in [0.4, 0.5) is 0 Å². The first kappa shape index (κ1) is 20.3. The van der Waals surface area contributed by atoms with Crippen molar-refractivity contribution >= 4 is 17.8 Å². The van der Waals surface area contributed by atoms with Gasteiger partial charge in [-0.05, 0) is 49.6 Å². The van der Waals surface area contributed by atoms with Gasteiger partial charge in [-0.25, -0.2) is 4.79 Å². The number of Topliss-reactive ketones (excluding diaryl/α,β-unsaturated/α-hetero) is 1. The van der Waals surface area contributed by atoms with Crippen LogP contribution in [0.25, 0.3) is 17.3 Å². The standard InChI is InChI=1S/C24H24N2O3/c1-17-9-10-21(13-18(17)2)24-22(11-12-23(28)29-16-19(3)27)15-26(25-24)14-20-7-5-4-6-8-20/h4-13,15H,14,16H2,1-3H3/b12-11+. The molecule has 0 aliphatic carbocycles. The molecule has 29 heavy (non-hydrogen) atoms. The summed E-state index contributed by atoms with van der Waals surface area (Å²) in [5.41, 5.74) is 6.11. The number of esters is 1. The fourth-order valence-electron chi connectivity index (χ4n) is 2.90. The van der Waals surface area contributed by atoms with Gasteiger partial charge in [-0.15, -0.1) is 0 Å². The van der Waals surface area contributed by atoms with E-state index in [0.717, 1.165) is 22.4 Å². The summed E-state index contributed by atoms with van der Waals surface area (Å²) in [6, 6.07) is 16.3. The third kappa shape index (κ3) is 5.51. The maximum Gasteiger partial charge on any atom is 0.331 e. The monoisotopic (exact) mass is 388 g/mol. The first-order chi connectivity index (χ1) is 13.9.